The van der Waals surface area contributed by atoms with Crippen LogP contribution in [0.3, 0.4) is 0 Å². The largest absolute Gasteiger partial charge is 0.492 e. The van der Waals surface area contributed by atoms with Gasteiger partial charge in [-0.1, -0.05) is 23.7 Å². The monoisotopic (exact) mass is 427 g/mol. The highest BCUT2D eigenvalue weighted by molar-refractivity contribution is 7.89. The number of halogens is 2. The molecule has 0 aromatic heterocycles. The van der Waals surface area contributed by atoms with E-state index in [4.69, 9.17) is 16.3 Å². The molecule has 0 atom stereocenters. The summed E-state index contributed by atoms with van der Waals surface area (Å²) in [6.07, 6.45) is 1.15. The van der Waals surface area contributed by atoms with E-state index >= 15 is 0 Å². The van der Waals surface area contributed by atoms with Crippen molar-refractivity contribution in [3.8, 4) is 5.75 Å². The highest BCUT2D eigenvalue weighted by Gasteiger charge is 2.11. The fourth-order valence-corrected chi connectivity index (χ4v) is 3.50. The molecule has 28 heavy (non-hydrogen) atoms. The first-order valence-electron chi connectivity index (χ1n) is 8.55. The number of guanidine groups is 1. The van der Waals surface area contributed by atoms with Crippen LogP contribution in [-0.4, -0.2) is 40.8 Å². The fraction of sp³-hybridized carbons (Fsp3) is 0.316. The molecule has 0 aliphatic heterocycles. The van der Waals surface area contributed by atoms with Crippen LogP contribution in [0.4, 0.5) is 4.39 Å². The maximum atomic E-state index is 13.6. The average Bonchev–Trinajstić information content (AvgIpc) is 2.62. The van der Waals surface area contributed by atoms with Gasteiger partial charge in [0.25, 0.3) is 0 Å². The summed E-state index contributed by atoms with van der Waals surface area (Å²) >= 11 is 5.90. The van der Waals surface area contributed by atoms with E-state index in [2.05, 4.69) is 15.6 Å². The molecule has 0 aliphatic rings. The lowest BCUT2D eigenvalue weighted by molar-refractivity contribution is 0.322. The van der Waals surface area contributed by atoms with Gasteiger partial charge in [-0.05, 0) is 41.5 Å². The minimum absolute atomic E-state index is 0.149. The lowest BCUT2D eigenvalue weighted by atomic mass is 10.1. The number of nitrogens with zero attached hydrogens (tertiary/aromatic N) is 1. The van der Waals surface area contributed by atoms with Gasteiger partial charge in [-0.3, -0.25) is 4.99 Å². The van der Waals surface area contributed by atoms with Crippen LogP contribution in [0.15, 0.2) is 47.5 Å². The Labute approximate surface area is 169 Å². The third-order valence-electron chi connectivity index (χ3n) is 3.72. The minimum atomic E-state index is -3.23. The number of aliphatic imine (C=N–C) groups is 1. The van der Waals surface area contributed by atoms with Crippen LogP contribution in [0.5, 0.6) is 5.75 Å². The smallest absolute Gasteiger partial charge is 0.191 e. The molecule has 0 saturated heterocycles. The van der Waals surface area contributed by atoms with Gasteiger partial charge in [0, 0.05) is 24.9 Å². The molecule has 2 aromatic rings. The summed E-state index contributed by atoms with van der Waals surface area (Å²) in [6.45, 7) is 1.10. The molecule has 152 valence electrons. The highest BCUT2D eigenvalue weighted by atomic mass is 35.5. The SMILES string of the molecule is CN=C(NCCOc1cccc(Cl)c1)NCc1cc(F)ccc1CS(C)(=O)=O. The maximum absolute atomic E-state index is 13.6. The molecule has 0 aliphatic carbocycles. The van der Waals surface area contributed by atoms with Crippen molar-refractivity contribution in [2.75, 3.05) is 26.5 Å². The fourth-order valence-electron chi connectivity index (χ4n) is 2.48. The molecule has 0 bridgehead atoms. The van der Waals surface area contributed by atoms with E-state index in [-0.39, 0.29) is 12.3 Å². The first kappa shape index (κ1) is 22.0. The van der Waals surface area contributed by atoms with Crippen molar-refractivity contribution < 1.29 is 17.5 Å². The number of ether oxygens (including phenoxy) is 1. The van der Waals surface area contributed by atoms with Crippen molar-refractivity contribution in [2.24, 2.45) is 4.99 Å². The van der Waals surface area contributed by atoms with Gasteiger partial charge in [-0.25, -0.2) is 12.8 Å². The van der Waals surface area contributed by atoms with Crippen LogP contribution in [-0.2, 0) is 22.1 Å². The molecule has 2 aromatic carbocycles. The topological polar surface area (TPSA) is 79.8 Å². The van der Waals surface area contributed by atoms with Crippen LogP contribution in [0.25, 0.3) is 0 Å². The zero-order chi connectivity index (χ0) is 20.6. The van der Waals surface area contributed by atoms with E-state index in [1.807, 2.05) is 6.07 Å². The Kier molecular flexibility index (Phi) is 8.07. The predicted octanol–water partition coefficient (Wildman–Crippen LogP) is 2.77. The van der Waals surface area contributed by atoms with E-state index in [1.54, 1.807) is 25.2 Å². The van der Waals surface area contributed by atoms with Gasteiger partial charge in [-0.15, -0.1) is 0 Å². The average molecular weight is 428 g/mol. The van der Waals surface area contributed by atoms with E-state index in [1.165, 1.54) is 18.2 Å². The van der Waals surface area contributed by atoms with E-state index < -0.39 is 15.7 Å². The Morgan fingerprint density at radius 2 is 1.96 bits per heavy atom. The van der Waals surface area contributed by atoms with Crippen molar-refractivity contribution in [2.45, 2.75) is 12.3 Å². The summed E-state index contributed by atoms with van der Waals surface area (Å²) in [7, 11) is -1.62. The van der Waals surface area contributed by atoms with Crippen molar-refractivity contribution >= 4 is 27.4 Å². The summed E-state index contributed by atoms with van der Waals surface area (Å²) in [6, 6.07) is 11.2. The number of hydrogen-bond donors (Lipinski definition) is 2. The Balaban J connectivity index is 1.87. The third-order valence-corrected chi connectivity index (χ3v) is 4.79. The van der Waals surface area contributed by atoms with Gasteiger partial charge in [0.2, 0.25) is 0 Å². The standard InChI is InChI=1S/C19H23ClFN3O3S/c1-22-19(23-8-9-27-18-5-3-4-16(20)11-18)24-12-15-10-17(21)7-6-14(15)13-28(2,25)26/h3-7,10-11H,8-9,12-13H2,1-2H3,(H2,22,23,24). The number of sulfone groups is 1. The van der Waals surface area contributed by atoms with E-state index in [9.17, 15) is 12.8 Å². The van der Waals surface area contributed by atoms with Crippen LogP contribution in [0.1, 0.15) is 11.1 Å². The normalized spacial score (nSPS) is 11.9. The molecule has 0 heterocycles. The minimum Gasteiger partial charge on any atom is -0.492 e. The molecule has 0 fully saturated rings. The Morgan fingerprint density at radius 1 is 1.18 bits per heavy atom. The number of hydrogen-bond acceptors (Lipinski definition) is 4. The predicted molar refractivity (Wildman–Crippen MR) is 110 cm³/mol. The molecule has 0 spiro atoms. The first-order chi connectivity index (χ1) is 13.3. The van der Waals surface area contributed by atoms with Gasteiger partial charge in [0.1, 0.15) is 18.2 Å². The summed E-state index contributed by atoms with van der Waals surface area (Å²) in [5, 5.41) is 6.72. The highest BCUT2D eigenvalue weighted by Crippen LogP contribution is 2.17. The zero-order valence-corrected chi connectivity index (χ0v) is 17.3. The summed E-state index contributed by atoms with van der Waals surface area (Å²) < 4.78 is 42.3. The van der Waals surface area contributed by atoms with Crippen LogP contribution < -0.4 is 15.4 Å². The zero-order valence-electron chi connectivity index (χ0n) is 15.7. The second kappa shape index (κ2) is 10.3. The van der Waals surface area contributed by atoms with Crippen molar-refractivity contribution in [1.29, 1.82) is 0 Å². The second-order valence-electron chi connectivity index (χ2n) is 6.14. The van der Waals surface area contributed by atoms with Gasteiger partial charge < -0.3 is 15.4 Å². The van der Waals surface area contributed by atoms with Gasteiger partial charge >= 0.3 is 0 Å². The molecule has 2 N–H and O–H groups in total. The van der Waals surface area contributed by atoms with Gasteiger partial charge in [0.05, 0.1) is 12.3 Å². The summed E-state index contributed by atoms with van der Waals surface area (Å²) in [5.41, 5.74) is 1.11. The first-order valence-corrected chi connectivity index (χ1v) is 11.0. The molecule has 0 radical (unpaired) electrons. The number of rotatable bonds is 8. The lowest BCUT2D eigenvalue weighted by Crippen LogP contribution is -2.39. The molecular weight excluding hydrogens is 405 g/mol. The van der Waals surface area contributed by atoms with Crippen LogP contribution >= 0.6 is 11.6 Å². The molecule has 6 nitrogen and oxygen atoms in total. The van der Waals surface area contributed by atoms with Gasteiger partial charge in [0.15, 0.2) is 15.8 Å². The van der Waals surface area contributed by atoms with Crippen molar-refractivity contribution in [1.82, 2.24) is 10.6 Å². The molecule has 9 heteroatoms. The lowest BCUT2D eigenvalue weighted by Gasteiger charge is -2.14. The molecule has 0 saturated carbocycles. The quantitative estimate of drug-likeness (QED) is 0.384. The molecular formula is C19H23ClFN3O3S. The molecule has 0 amide bonds. The third kappa shape index (κ3) is 7.74. The summed E-state index contributed by atoms with van der Waals surface area (Å²) in [4.78, 5) is 4.09. The Morgan fingerprint density at radius 3 is 2.64 bits per heavy atom. The van der Waals surface area contributed by atoms with Gasteiger partial charge in [-0.2, -0.15) is 0 Å². The second-order valence-corrected chi connectivity index (χ2v) is 8.72. The molecule has 2 rings (SSSR count). The van der Waals surface area contributed by atoms with E-state index in [0.29, 0.717) is 41.0 Å². The number of benzene rings is 2. The maximum Gasteiger partial charge on any atom is 0.191 e. The van der Waals surface area contributed by atoms with E-state index in [0.717, 1.165) is 6.26 Å². The molecule has 0 unspecified atom stereocenters. The van der Waals surface area contributed by atoms with Crippen molar-refractivity contribution in [3.05, 3.63) is 64.4 Å². The summed E-state index contributed by atoms with van der Waals surface area (Å²) in [5.74, 6) is 0.586. The Bertz CT molecular complexity index is 936. The number of nitrogens with one attached hydrogen (secondary N) is 2. The van der Waals surface area contributed by atoms with Crippen LogP contribution in [0.2, 0.25) is 5.02 Å². The Hall–Kier alpha value is -2.32. The van der Waals surface area contributed by atoms with Crippen molar-refractivity contribution in [3.63, 3.8) is 0 Å². The van der Waals surface area contributed by atoms with Crippen LogP contribution in [0, 0.1) is 5.82 Å².